The average Bonchev–Trinajstić information content (AvgIpc) is 3.35. The van der Waals surface area contributed by atoms with Gasteiger partial charge in [-0.15, -0.1) is 0 Å². The quantitative estimate of drug-likeness (QED) is 0.851. The second-order valence-electron chi connectivity index (χ2n) is 7.40. The highest BCUT2D eigenvalue weighted by atomic mass is 16.5. The van der Waals surface area contributed by atoms with E-state index in [-0.39, 0.29) is 18.2 Å². The molecule has 4 heterocycles. The van der Waals surface area contributed by atoms with Crippen LogP contribution in [-0.2, 0) is 24.8 Å². The summed E-state index contributed by atoms with van der Waals surface area (Å²) in [6.07, 6.45) is 6.34. The van der Waals surface area contributed by atoms with Gasteiger partial charge in [0.15, 0.2) is 0 Å². The maximum Gasteiger partial charge on any atom is 0.128 e. The first-order valence-corrected chi connectivity index (χ1v) is 9.80. The van der Waals surface area contributed by atoms with Gasteiger partial charge >= 0.3 is 0 Å². The Morgan fingerprint density at radius 2 is 2.27 bits per heavy atom. The molecule has 0 spiro atoms. The van der Waals surface area contributed by atoms with Crippen LogP contribution >= 0.6 is 0 Å². The second-order valence-corrected chi connectivity index (χ2v) is 7.40. The van der Waals surface area contributed by atoms with Crippen molar-refractivity contribution in [3.63, 3.8) is 0 Å². The molecule has 1 unspecified atom stereocenters. The van der Waals surface area contributed by atoms with E-state index < -0.39 is 0 Å². The molecule has 2 aromatic rings. The Kier molecular flexibility index (Phi) is 5.11. The van der Waals surface area contributed by atoms with Gasteiger partial charge in [0, 0.05) is 50.8 Å². The molecule has 0 amide bonds. The Hall–Kier alpha value is -1.70. The van der Waals surface area contributed by atoms with Crippen molar-refractivity contribution in [3.8, 4) is 0 Å². The number of nitrogens with zero attached hydrogens (tertiary/aromatic N) is 5. The fourth-order valence-corrected chi connectivity index (χ4v) is 4.20. The predicted molar refractivity (Wildman–Crippen MR) is 99.9 cm³/mol. The third-order valence-corrected chi connectivity index (χ3v) is 5.74. The molecule has 2 aliphatic rings. The molecule has 1 saturated heterocycles. The van der Waals surface area contributed by atoms with Crippen molar-refractivity contribution >= 4 is 0 Å². The molecule has 0 saturated carbocycles. The van der Waals surface area contributed by atoms with Crippen molar-refractivity contribution < 1.29 is 4.74 Å². The molecular weight excluding hydrogens is 328 g/mol. The first-order valence-electron chi connectivity index (χ1n) is 9.80. The highest BCUT2D eigenvalue weighted by molar-refractivity contribution is 5.16. The molecule has 1 fully saturated rings. The zero-order valence-electron chi connectivity index (χ0n) is 16.1. The molecule has 3 atom stereocenters. The van der Waals surface area contributed by atoms with Gasteiger partial charge in [0.2, 0.25) is 0 Å². The number of aryl methyl sites for hydroxylation is 3. The summed E-state index contributed by atoms with van der Waals surface area (Å²) in [5, 5.41) is 8.40. The minimum atomic E-state index is 0.0849. The lowest BCUT2D eigenvalue weighted by Gasteiger charge is -2.40. The summed E-state index contributed by atoms with van der Waals surface area (Å²) in [6, 6.07) is 2.65. The van der Waals surface area contributed by atoms with Crippen molar-refractivity contribution in [3.05, 3.63) is 35.7 Å². The van der Waals surface area contributed by atoms with Gasteiger partial charge in [0.25, 0.3) is 0 Å². The number of aromatic nitrogens is 4. The fourth-order valence-electron chi connectivity index (χ4n) is 4.20. The summed E-state index contributed by atoms with van der Waals surface area (Å²) in [5.74, 6) is 1.08. The lowest BCUT2D eigenvalue weighted by atomic mass is 10.1. The van der Waals surface area contributed by atoms with E-state index in [9.17, 15) is 0 Å². The Bertz CT molecular complexity index is 717. The maximum atomic E-state index is 6.17. The average molecular weight is 358 g/mol. The fraction of sp³-hybridized carbons (Fsp3) is 0.684. The monoisotopic (exact) mass is 358 g/mol. The van der Waals surface area contributed by atoms with Gasteiger partial charge in [-0.25, -0.2) is 4.98 Å². The van der Waals surface area contributed by atoms with Gasteiger partial charge in [-0.1, -0.05) is 6.92 Å². The molecule has 7 heteroatoms. The topological polar surface area (TPSA) is 60.1 Å². The molecule has 0 bridgehead atoms. The van der Waals surface area contributed by atoms with Crippen LogP contribution in [0.25, 0.3) is 0 Å². The number of hydrogen-bond acceptors (Lipinski definition) is 5. The van der Waals surface area contributed by atoms with Gasteiger partial charge in [0.1, 0.15) is 5.82 Å². The summed E-state index contributed by atoms with van der Waals surface area (Å²) >= 11 is 0. The third kappa shape index (κ3) is 3.31. The molecule has 142 valence electrons. The smallest absolute Gasteiger partial charge is 0.128 e. The van der Waals surface area contributed by atoms with E-state index in [2.05, 4.69) is 51.4 Å². The molecule has 0 radical (unpaired) electrons. The van der Waals surface area contributed by atoms with E-state index in [4.69, 9.17) is 9.84 Å². The largest absolute Gasteiger partial charge is 0.373 e. The molecule has 26 heavy (non-hydrogen) atoms. The minimum Gasteiger partial charge on any atom is -0.373 e. The van der Waals surface area contributed by atoms with Gasteiger partial charge in [-0.05, 0) is 32.4 Å². The number of hydrogen-bond donors (Lipinski definition) is 1. The van der Waals surface area contributed by atoms with Crippen molar-refractivity contribution in [1.82, 2.24) is 29.5 Å². The van der Waals surface area contributed by atoms with Crippen molar-refractivity contribution in [2.45, 2.75) is 51.4 Å². The summed E-state index contributed by atoms with van der Waals surface area (Å²) in [7, 11) is 2.06. The molecule has 0 aliphatic carbocycles. The van der Waals surface area contributed by atoms with Gasteiger partial charge in [-0.2, -0.15) is 5.10 Å². The van der Waals surface area contributed by atoms with Crippen LogP contribution in [0.3, 0.4) is 0 Å². The number of likely N-dealkylation sites (N-methyl/N-ethyl adjacent to an activating group) is 1. The molecule has 2 aliphatic heterocycles. The highest BCUT2D eigenvalue weighted by Gasteiger charge is 2.35. The van der Waals surface area contributed by atoms with Gasteiger partial charge in [0.05, 0.1) is 24.4 Å². The zero-order valence-corrected chi connectivity index (χ0v) is 16.1. The van der Waals surface area contributed by atoms with Crippen LogP contribution in [-0.4, -0.2) is 56.6 Å². The SMILES string of the molecule is CCN1CCO[C@@H](CNC(C)c2cc3n(n2)CCC3)[C@@H]1c1nccn1C. The van der Waals surface area contributed by atoms with Crippen LogP contribution in [0.2, 0.25) is 0 Å². The summed E-state index contributed by atoms with van der Waals surface area (Å²) < 4.78 is 10.4. The molecule has 7 nitrogen and oxygen atoms in total. The Labute approximate surface area is 155 Å². The molecule has 4 rings (SSSR count). The van der Waals surface area contributed by atoms with E-state index in [1.807, 2.05) is 12.4 Å². The molecule has 2 aromatic heterocycles. The normalized spacial score (nSPS) is 24.7. The van der Waals surface area contributed by atoms with Crippen LogP contribution in [0.4, 0.5) is 0 Å². The predicted octanol–water partition coefficient (Wildman–Crippen LogP) is 1.68. The lowest BCUT2D eigenvalue weighted by molar-refractivity contribution is -0.0736. The summed E-state index contributed by atoms with van der Waals surface area (Å²) in [6.45, 7) is 8.97. The van der Waals surface area contributed by atoms with E-state index in [1.54, 1.807) is 0 Å². The number of ether oxygens (including phenoxy) is 1. The number of imidazole rings is 1. The first kappa shape index (κ1) is 17.7. The van der Waals surface area contributed by atoms with E-state index >= 15 is 0 Å². The van der Waals surface area contributed by atoms with E-state index in [0.29, 0.717) is 0 Å². The van der Waals surface area contributed by atoms with Crippen molar-refractivity contribution in [2.75, 3.05) is 26.2 Å². The Balaban J connectivity index is 1.45. The maximum absolute atomic E-state index is 6.17. The number of rotatable bonds is 6. The van der Waals surface area contributed by atoms with Gasteiger partial charge in [-0.3, -0.25) is 9.58 Å². The van der Waals surface area contributed by atoms with Crippen molar-refractivity contribution in [1.29, 1.82) is 0 Å². The van der Waals surface area contributed by atoms with Crippen LogP contribution in [0.1, 0.15) is 49.6 Å². The zero-order chi connectivity index (χ0) is 18.1. The van der Waals surface area contributed by atoms with Crippen LogP contribution in [0, 0.1) is 0 Å². The lowest BCUT2D eigenvalue weighted by Crippen LogP contribution is -2.50. The van der Waals surface area contributed by atoms with Crippen LogP contribution < -0.4 is 5.32 Å². The first-order chi connectivity index (χ1) is 12.7. The van der Waals surface area contributed by atoms with Crippen LogP contribution in [0.15, 0.2) is 18.5 Å². The minimum absolute atomic E-state index is 0.0849. The third-order valence-electron chi connectivity index (χ3n) is 5.74. The van der Waals surface area contributed by atoms with Crippen LogP contribution in [0.5, 0.6) is 0 Å². The Morgan fingerprint density at radius 3 is 3.00 bits per heavy atom. The second kappa shape index (κ2) is 7.50. The summed E-state index contributed by atoms with van der Waals surface area (Å²) in [4.78, 5) is 7.07. The van der Waals surface area contributed by atoms with Crippen molar-refractivity contribution in [2.24, 2.45) is 7.05 Å². The molecular formula is C19H30N6O. The molecule has 1 N–H and O–H groups in total. The Morgan fingerprint density at radius 1 is 1.38 bits per heavy atom. The standard InChI is InChI=1S/C19H30N6O/c1-4-24-10-11-26-17(18(24)19-20-7-9-23(19)3)13-21-14(2)16-12-15-6-5-8-25(15)22-16/h7,9,12,14,17-18,21H,4-6,8,10-11,13H2,1-3H3/t14?,17-,18+/m0/s1. The summed E-state index contributed by atoms with van der Waals surface area (Å²) in [5.41, 5.74) is 2.50. The number of morpholine rings is 1. The highest BCUT2D eigenvalue weighted by Crippen LogP contribution is 2.28. The van der Waals surface area contributed by atoms with E-state index in [1.165, 1.54) is 12.1 Å². The van der Waals surface area contributed by atoms with E-state index in [0.717, 1.165) is 50.7 Å². The number of nitrogens with one attached hydrogen (secondary N) is 1. The molecule has 0 aromatic carbocycles. The number of fused-ring (bicyclic) bond motifs is 1. The van der Waals surface area contributed by atoms with Gasteiger partial charge < -0.3 is 14.6 Å².